The molecule has 1 atom stereocenters. The number of carbonyl (C=O) groups is 2. The summed E-state index contributed by atoms with van der Waals surface area (Å²) in [6.07, 6.45) is 3.03. The van der Waals surface area contributed by atoms with Crippen molar-refractivity contribution in [1.82, 2.24) is 5.32 Å². The Morgan fingerprint density at radius 1 is 1.29 bits per heavy atom. The minimum Gasteiger partial charge on any atom is -0.463 e. The van der Waals surface area contributed by atoms with Crippen molar-refractivity contribution in [3.63, 3.8) is 0 Å². The van der Waals surface area contributed by atoms with Gasteiger partial charge in [-0.2, -0.15) is 5.10 Å². The van der Waals surface area contributed by atoms with Gasteiger partial charge >= 0.3 is 0 Å². The fraction of sp³-hybridized carbons (Fsp3) is 0.125. The molecule has 1 fully saturated rings. The topological polar surface area (TPSA) is 96.1 Å². The zero-order valence-corrected chi connectivity index (χ0v) is 13.3. The van der Waals surface area contributed by atoms with Crippen molar-refractivity contribution in [1.29, 1.82) is 0 Å². The fourth-order valence-electron chi connectivity index (χ4n) is 1.99. The molecule has 1 aromatic carbocycles. The molecule has 1 saturated heterocycles. The van der Waals surface area contributed by atoms with Crippen molar-refractivity contribution in [3.05, 3.63) is 54.5 Å². The van der Waals surface area contributed by atoms with Gasteiger partial charge in [0.15, 0.2) is 5.17 Å². The summed E-state index contributed by atoms with van der Waals surface area (Å²) < 4.78 is 5.08. The number of rotatable bonds is 5. The number of anilines is 1. The van der Waals surface area contributed by atoms with Crippen LogP contribution in [0, 0.1) is 0 Å². The number of benzene rings is 1. The molecule has 3 rings (SSSR count). The van der Waals surface area contributed by atoms with Crippen molar-refractivity contribution >= 4 is 40.6 Å². The lowest BCUT2D eigenvalue weighted by Crippen LogP contribution is -2.28. The van der Waals surface area contributed by atoms with E-state index in [9.17, 15) is 9.59 Å². The van der Waals surface area contributed by atoms with Crippen LogP contribution in [-0.2, 0) is 9.59 Å². The molecule has 0 saturated carbocycles. The Balaban J connectivity index is 1.54. The minimum atomic E-state index is -0.522. The molecule has 1 aromatic heterocycles. The monoisotopic (exact) mass is 342 g/mol. The summed E-state index contributed by atoms with van der Waals surface area (Å²) in [5.41, 5.74) is 0.697. The number of para-hydroxylation sites is 1. The molecular formula is C16H14N4O3S. The number of hydrogen-bond donors (Lipinski definition) is 2. The maximum atomic E-state index is 12.0. The maximum absolute atomic E-state index is 12.0. The van der Waals surface area contributed by atoms with E-state index in [0.717, 1.165) is 0 Å². The number of amidine groups is 1. The highest BCUT2D eigenvalue weighted by Gasteiger charge is 2.32. The first-order chi connectivity index (χ1) is 11.7. The molecule has 0 bridgehead atoms. The largest absolute Gasteiger partial charge is 0.463 e. The molecule has 7 nitrogen and oxygen atoms in total. The minimum absolute atomic E-state index is 0.0618. The smallest absolute Gasteiger partial charge is 0.240 e. The summed E-state index contributed by atoms with van der Waals surface area (Å²) in [6, 6.07) is 12.6. The van der Waals surface area contributed by atoms with Gasteiger partial charge in [-0.1, -0.05) is 30.0 Å². The highest BCUT2D eigenvalue weighted by Crippen LogP contribution is 2.23. The van der Waals surface area contributed by atoms with Gasteiger partial charge in [-0.05, 0) is 24.3 Å². The van der Waals surface area contributed by atoms with Crippen LogP contribution in [0.2, 0.25) is 0 Å². The summed E-state index contributed by atoms with van der Waals surface area (Å²) >= 11 is 1.18. The Kier molecular flexibility index (Phi) is 5.07. The Bertz CT molecular complexity index is 772. The van der Waals surface area contributed by atoms with Crippen molar-refractivity contribution in [2.45, 2.75) is 11.7 Å². The van der Waals surface area contributed by atoms with Crippen molar-refractivity contribution in [3.8, 4) is 0 Å². The lowest BCUT2D eigenvalue weighted by molar-refractivity contribution is -0.122. The lowest BCUT2D eigenvalue weighted by atomic mass is 10.2. The summed E-state index contributed by atoms with van der Waals surface area (Å²) in [5, 5.41) is 13.0. The van der Waals surface area contributed by atoms with Crippen LogP contribution in [0.3, 0.4) is 0 Å². The van der Waals surface area contributed by atoms with Gasteiger partial charge in [-0.15, -0.1) is 5.10 Å². The van der Waals surface area contributed by atoms with E-state index in [-0.39, 0.29) is 18.2 Å². The van der Waals surface area contributed by atoms with E-state index in [1.165, 1.54) is 24.2 Å². The van der Waals surface area contributed by atoms with Gasteiger partial charge in [-0.25, -0.2) is 0 Å². The standard InChI is InChI=1S/C16H14N4O3S/c21-14(18-11-5-2-1-3-6-11)9-13-15(22)19-16(24-13)20-17-10-12-7-4-8-23-12/h1-8,10,13H,9H2,(H,18,21)(H,19,20,22)/b17-10+/t13-/m0/s1. The predicted octanol–water partition coefficient (Wildman–Crippen LogP) is 2.23. The molecule has 2 N–H and O–H groups in total. The fourth-order valence-corrected chi connectivity index (χ4v) is 2.92. The van der Waals surface area contributed by atoms with E-state index < -0.39 is 5.25 Å². The molecular weight excluding hydrogens is 328 g/mol. The third kappa shape index (κ3) is 4.32. The lowest BCUT2D eigenvalue weighted by Gasteiger charge is -2.06. The van der Waals surface area contributed by atoms with Gasteiger partial charge in [-0.3, -0.25) is 9.59 Å². The third-order valence-corrected chi connectivity index (χ3v) is 4.15. The van der Waals surface area contributed by atoms with E-state index in [4.69, 9.17) is 4.42 Å². The molecule has 2 heterocycles. The number of furan rings is 1. The quantitative estimate of drug-likeness (QED) is 0.643. The van der Waals surface area contributed by atoms with E-state index in [2.05, 4.69) is 20.8 Å². The van der Waals surface area contributed by atoms with E-state index in [1.54, 1.807) is 24.3 Å². The van der Waals surface area contributed by atoms with Crippen molar-refractivity contribution < 1.29 is 14.0 Å². The first-order valence-corrected chi connectivity index (χ1v) is 8.05. The van der Waals surface area contributed by atoms with Gasteiger partial charge in [0.25, 0.3) is 0 Å². The van der Waals surface area contributed by atoms with Crippen molar-refractivity contribution in [2.24, 2.45) is 10.2 Å². The van der Waals surface area contributed by atoms with Crippen LogP contribution in [0.25, 0.3) is 0 Å². The Morgan fingerprint density at radius 2 is 2.12 bits per heavy atom. The number of nitrogens with zero attached hydrogens (tertiary/aromatic N) is 2. The van der Waals surface area contributed by atoms with Crippen LogP contribution in [0.1, 0.15) is 12.2 Å². The predicted molar refractivity (Wildman–Crippen MR) is 92.9 cm³/mol. The molecule has 8 heteroatoms. The molecule has 122 valence electrons. The van der Waals surface area contributed by atoms with Crippen LogP contribution in [0.5, 0.6) is 0 Å². The second kappa shape index (κ2) is 7.60. The second-order valence-corrected chi connectivity index (χ2v) is 6.07. The van der Waals surface area contributed by atoms with Crippen LogP contribution >= 0.6 is 11.8 Å². The number of nitrogens with one attached hydrogen (secondary N) is 2. The van der Waals surface area contributed by atoms with Crippen LogP contribution in [0.15, 0.2) is 63.3 Å². The summed E-state index contributed by atoms with van der Waals surface area (Å²) in [7, 11) is 0. The molecule has 2 amide bonds. The summed E-state index contributed by atoms with van der Waals surface area (Å²) in [4.78, 5) is 23.9. The van der Waals surface area contributed by atoms with Gasteiger partial charge < -0.3 is 15.1 Å². The van der Waals surface area contributed by atoms with Crippen LogP contribution < -0.4 is 10.6 Å². The Hall–Kier alpha value is -2.87. The highest BCUT2D eigenvalue weighted by molar-refractivity contribution is 8.15. The van der Waals surface area contributed by atoms with Gasteiger partial charge in [0.05, 0.1) is 12.5 Å². The average Bonchev–Trinajstić information content (AvgIpc) is 3.19. The first kappa shape index (κ1) is 16.0. The maximum Gasteiger partial charge on any atom is 0.240 e. The summed E-state index contributed by atoms with van der Waals surface area (Å²) in [6.45, 7) is 0. The molecule has 1 aliphatic heterocycles. The SMILES string of the molecule is O=C(C[C@@H]1S/C(=N/N=C/c2ccco2)NC1=O)Nc1ccccc1. The molecule has 24 heavy (non-hydrogen) atoms. The first-order valence-electron chi connectivity index (χ1n) is 7.17. The molecule has 0 aliphatic carbocycles. The van der Waals surface area contributed by atoms with Gasteiger partial charge in [0.1, 0.15) is 11.0 Å². The van der Waals surface area contributed by atoms with Crippen molar-refractivity contribution in [2.75, 3.05) is 5.32 Å². The van der Waals surface area contributed by atoms with Gasteiger partial charge in [0, 0.05) is 12.1 Å². The van der Waals surface area contributed by atoms with E-state index in [1.807, 2.05) is 18.2 Å². The van der Waals surface area contributed by atoms with E-state index in [0.29, 0.717) is 16.6 Å². The summed E-state index contributed by atoms with van der Waals surface area (Å²) in [5.74, 6) is 0.0804. The highest BCUT2D eigenvalue weighted by atomic mass is 32.2. The molecule has 1 aliphatic rings. The average molecular weight is 342 g/mol. The molecule has 0 spiro atoms. The molecule has 0 unspecified atom stereocenters. The second-order valence-electron chi connectivity index (χ2n) is 4.88. The number of hydrogen-bond acceptors (Lipinski definition) is 6. The number of thioether (sulfide) groups is 1. The van der Waals surface area contributed by atoms with E-state index >= 15 is 0 Å². The number of amides is 2. The Labute approximate surface area is 142 Å². The normalized spacial score (nSPS) is 18.9. The molecule has 2 aromatic rings. The van der Waals surface area contributed by atoms with Crippen LogP contribution in [-0.4, -0.2) is 28.4 Å². The third-order valence-electron chi connectivity index (χ3n) is 3.08. The zero-order chi connectivity index (χ0) is 16.8. The molecule has 0 radical (unpaired) electrons. The zero-order valence-electron chi connectivity index (χ0n) is 12.5. The van der Waals surface area contributed by atoms with Crippen LogP contribution in [0.4, 0.5) is 5.69 Å². The number of carbonyl (C=O) groups excluding carboxylic acids is 2. The van der Waals surface area contributed by atoms with Gasteiger partial charge in [0.2, 0.25) is 11.8 Å². The Morgan fingerprint density at radius 3 is 2.88 bits per heavy atom.